The number of benzene rings is 3. The lowest BCUT2D eigenvalue weighted by atomic mass is 10.0. The van der Waals surface area contributed by atoms with E-state index in [1.165, 1.54) is 0 Å². The van der Waals surface area contributed by atoms with Gasteiger partial charge < -0.3 is 24.6 Å². The van der Waals surface area contributed by atoms with E-state index in [1.807, 2.05) is 30.3 Å². The Bertz CT molecular complexity index is 1660. The number of imide groups is 1. The van der Waals surface area contributed by atoms with Gasteiger partial charge in [0.15, 0.2) is 0 Å². The lowest BCUT2D eigenvalue weighted by molar-refractivity contribution is -0.136. The lowest BCUT2D eigenvalue weighted by Crippen LogP contribution is -2.56. The van der Waals surface area contributed by atoms with Gasteiger partial charge in [-0.25, -0.2) is 0 Å². The number of fused-ring (bicyclic) bond motifs is 4. The normalized spacial score (nSPS) is 21.2. The third-order valence-corrected chi connectivity index (χ3v) is 8.85. The lowest BCUT2D eigenvalue weighted by Gasteiger charge is -2.45. The summed E-state index contributed by atoms with van der Waals surface area (Å²) in [5.74, 6) is 0.302. The first-order chi connectivity index (χ1) is 21.4. The molecule has 2 saturated heterocycles. The second kappa shape index (κ2) is 11.3. The van der Waals surface area contributed by atoms with Crippen molar-refractivity contribution in [3.05, 3.63) is 82.9 Å². The van der Waals surface area contributed by atoms with Crippen molar-refractivity contribution in [3.63, 3.8) is 0 Å². The topological polar surface area (TPSA) is 121 Å². The second-order valence-corrected chi connectivity index (χ2v) is 11.7. The van der Waals surface area contributed by atoms with Gasteiger partial charge in [0.2, 0.25) is 11.8 Å². The summed E-state index contributed by atoms with van der Waals surface area (Å²) in [6.45, 7) is 4.04. The average molecular weight is 596 g/mol. The number of nitrogens with zero attached hydrogens (tertiary/aromatic N) is 3. The van der Waals surface area contributed by atoms with Crippen molar-refractivity contribution < 1.29 is 28.7 Å². The molecule has 2 N–H and O–H groups in total. The molecule has 11 heteroatoms. The number of hydrogen-bond donors (Lipinski definition) is 2. The van der Waals surface area contributed by atoms with Crippen LogP contribution >= 0.6 is 0 Å². The maximum Gasteiger partial charge on any atom is 0.255 e. The molecule has 4 heterocycles. The molecule has 7 rings (SSSR count). The minimum Gasteiger partial charge on any atom is -0.497 e. The molecule has 0 aliphatic carbocycles. The Morgan fingerprint density at radius 2 is 1.89 bits per heavy atom. The van der Waals surface area contributed by atoms with Crippen molar-refractivity contribution in [2.75, 3.05) is 43.6 Å². The highest BCUT2D eigenvalue weighted by Crippen LogP contribution is 2.41. The van der Waals surface area contributed by atoms with Crippen LogP contribution in [-0.4, -0.2) is 78.9 Å². The smallest absolute Gasteiger partial charge is 0.255 e. The summed E-state index contributed by atoms with van der Waals surface area (Å²) in [6.07, 6.45) is 0.563. The van der Waals surface area contributed by atoms with Gasteiger partial charge in [-0.05, 0) is 66.1 Å². The predicted molar refractivity (Wildman–Crippen MR) is 162 cm³/mol. The number of piperazine rings is 1. The number of carbonyl (C=O) groups excluding carboxylic acids is 4. The Kier molecular flexibility index (Phi) is 7.17. The number of hydrogen-bond acceptors (Lipinski definition) is 8. The van der Waals surface area contributed by atoms with Gasteiger partial charge >= 0.3 is 0 Å². The molecule has 226 valence electrons. The molecule has 0 bridgehead atoms. The first kappa shape index (κ1) is 27.9. The molecule has 3 aromatic carbocycles. The van der Waals surface area contributed by atoms with E-state index >= 15 is 0 Å². The van der Waals surface area contributed by atoms with Crippen LogP contribution in [0.25, 0.3) is 0 Å². The number of anilines is 2. The molecule has 4 aliphatic rings. The van der Waals surface area contributed by atoms with Crippen LogP contribution in [0, 0.1) is 0 Å². The number of nitrogens with one attached hydrogen (secondary N) is 2. The summed E-state index contributed by atoms with van der Waals surface area (Å²) in [5, 5.41) is 5.35. The predicted octanol–water partition coefficient (Wildman–Crippen LogP) is 2.79. The molecule has 0 saturated carbocycles. The van der Waals surface area contributed by atoms with E-state index in [1.54, 1.807) is 36.3 Å². The van der Waals surface area contributed by atoms with E-state index in [2.05, 4.69) is 26.5 Å². The van der Waals surface area contributed by atoms with E-state index in [9.17, 15) is 19.2 Å². The van der Waals surface area contributed by atoms with Gasteiger partial charge in [-0.15, -0.1) is 0 Å². The SMILES string of the molecule is COc1ccc(C(=O)Nc2cccc(CN3CCN4c5cc6c(cc5OC[C@H]4C3)C(=O)N(C3CCC(=O)NC3=O)C6)c2)cc1. The van der Waals surface area contributed by atoms with Gasteiger partial charge in [0.1, 0.15) is 24.1 Å². The Morgan fingerprint density at radius 3 is 2.68 bits per heavy atom. The van der Waals surface area contributed by atoms with Gasteiger partial charge in [-0.1, -0.05) is 12.1 Å². The number of amides is 4. The van der Waals surface area contributed by atoms with Crippen LogP contribution in [-0.2, 0) is 22.7 Å². The average Bonchev–Trinajstić information content (AvgIpc) is 3.34. The zero-order valence-corrected chi connectivity index (χ0v) is 24.4. The Balaban J connectivity index is 0.999. The number of methoxy groups -OCH3 is 1. The van der Waals surface area contributed by atoms with Gasteiger partial charge in [-0.2, -0.15) is 0 Å². The van der Waals surface area contributed by atoms with E-state index in [-0.39, 0.29) is 30.2 Å². The van der Waals surface area contributed by atoms with Crippen LogP contribution in [0.2, 0.25) is 0 Å². The fourth-order valence-corrected chi connectivity index (χ4v) is 6.58. The largest absolute Gasteiger partial charge is 0.497 e. The van der Waals surface area contributed by atoms with Crippen molar-refractivity contribution in [1.29, 1.82) is 0 Å². The van der Waals surface area contributed by atoms with Crippen molar-refractivity contribution in [3.8, 4) is 11.5 Å². The maximum absolute atomic E-state index is 13.2. The van der Waals surface area contributed by atoms with Gasteiger partial charge in [0, 0.05) is 56.0 Å². The van der Waals surface area contributed by atoms with Crippen LogP contribution in [0.3, 0.4) is 0 Å². The number of rotatable bonds is 6. The third-order valence-electron chi connectivity index (χ3n) is 8.85. The van der Waals surface area contributed by atoms with Crippen LogP contribution in [0.15, 0.2) is 60.7 Å². The molecule has 2 atom stereocenters. The van der Waals surface area contributed by atoms with Gasteiger partial charge in [-0.3, -0.25) is 29.4 Å². The molecule has 3 aromatic rings. The van der Waals surface area contributed by atoms with Gasteiger partial charge in [0.05, 0.1) is 18.8 Å². The molecule has 2 fully saturated rings. The van der Waals surface area contributed by atoms with E-state index in [0.29, 0.717) is 42.2 Å². The summed E-state index contributed by atoms with van der Waals surface area (Å²) in [7, 11) is 1.59. The fraction of sp³-hybridized carbons (Fsp3) is 0.333. The van der Waals surface area contributed by atoms with E-state index in [4.69, 9.17) is 9.47 Å². The van der Waals surface area contributed by atoms with Crippen LogP contribution in [0.1, 0.15) is 44.7 Å². The Morgan fingerprint density at radius 1 is 1.05 bits per heavy atom. The summed E-state index contributed by atoms with van der Waals surface area (Å²) in [6, 6.07) is 18.3. The molecule has 44 heavy (non-hydrogen) atoms. The van der Waals surface area contributed by atoms with Crippen molar-refractivity contribution in [2.24, 2.45) is 0 Å². The summed E-state index contributed by atoms with van der Waals surface area (Å²) < 4.78 is 11.4. The summed E-state index contributed by atoms with van der Waals surface area (Å²) in [4.78, 5) is 56.4. The standard InChI is InChI=1S/C33H33N5O6/c1-43-25-7-5-21(6-8-25)31(40)34-23-4-2-3-20(13-23)16-36-11-12-37-24(18-36)19-44-29-15-26-22(14-28(29)37)17-38(33(26)42)27-9-10-30(39)35-32(27)41/h2-8,13-15,24,27H,9-12,16-19H2,1H3,(H,34,40)(H,35,39,41)/t24-,27?/m1/s1. The van der Waals surface area contributed by atoms with E-state index in [0.717, 1.165) is 48.7 Å². The molecular weight excluding hydrogens is 562 g/mol. The minimum absolute atomic E-state index is 0.149. The van der Waals surface area contributed by atoms with Crippen molar-refractivity contribution in [2.45, 2.75) is 38.0 Å². The molecule has 11 nitrogen and oxygen atoms in total. The van der Waals surface area contributed by atoms with Gasteiger partial charge in [0.25, 0.3) is 11.8 Å². The summed E-state index contributed by atoms with van der Waals surface area (Å²) in [5.41, 5.74) is 4.81. The number of ether oxygens (including phenoxy) is 2. The monoisotopic (exact) mass is 595 g/mol. The Labute approximate surface area is 254 Å². The van der Waals surface area contributed by atoms with Crippen LogP contribution in [0.4, 0.5) is 11.4 Å². The highest BCUT2D eigenvalue weighted by molar-refractivity contribution is 6.06. The molecule has 4 aliphatic heterocycles. The number of carbonyl (C=O) groups is 4. The van der Waals surface area contributed by atoms with Crippen molar-refractivity contribution >= 4 is 35.0 Å². The summed E-state index contributed by atoms with van der Waals surface area (Å²) >= 11 is 0. The molecule has 0 aromatic heterocycles. The maximum atomic E-state index is 13.2. The molecule has 0 radical (unpaired) electrons. The van der Waals surface area contributed by atoms with E-state index < -0.39 is 11.9 Å². The molecule has 1 unspecified atom stereocenters. The first-order valence-corrected chi connectivity index (χ1v) is 14.8. The van der Waals surface area contributed by atoms with Crippen LogP contribution in [0.5, 0.6) is 11.5 Å². The Hall–Kier alpha value is -4.90. The highest BCUT2D eigenvalue weighted by atomic mass is 16.5. The molecule has 4 amide bonds. The quantitative estimate of drug-likeness (QED) is 0.418. The zero-order valence-electron chi connectivity index (χ0n) is 24.4. The fourth-order valence-electron chi connectivity index (χ4n) is 6.58. The van der Waals surface area contributed by atoms with Crippen molar-refractivity contribution in [1.82, 2.24) is 15.1 Å². The number of piperidine rings is 1. The van der Waals surface area contributed by atoms with Crippen LogP contribution < -0.4 is 25.0 Å². The first-order valence-electron chi connectivity index (χ1n) is 14.8. The second-order valence-electron chi connectivity index (χ2n) is 11.7. The zero-order chi connectivity index (χ0) is 30.4. The molecule has 0 spiro atoms. The third kappa shape index (κ3) is 5.24. The molecular formula is C33H33N5O6. The highest BCUT2D eigenvalue weighted by Gasteiger charge is 2.41. The minimum atomic E-state index is -0.642.